The molecule has 2 aromatic carbocycles. The van der Waals surface area contributed by atoms with E-state index in [1.165, 1.54) is 0 Å². The van der Waals surface area contributed by atoms with Crippen LogP contribution in [0.4, 0.5) is 5.69 Å². The third-order valence-corrected chi connectivity index (χ3v) is 4.82. The Hall–Kier alpha value is -3.35. The molecule has 1 aliphatic heterocycles. The van der Waals surface area contributed by atoms with Crippen LogP contribution in [0.1, 0.15) is 23.9 Å². The summed E-state index contributed by atoms with van der Waals surface area (Å²) in [6.07, 6.45) is 1.73. The van der Waals surface area contributed by atoms with Gasteiger partial charge in [-0.3, -0.25) is 9.36 Å². The summed E-state index contributed by atoms with van der Waals surface area (Å²) in [5.41, 5.74) is 1.71. The fraction of sp³-hybridized carbons (Fsp3) is 0.250. The molecule has 0 radical (unpaired) electrons. The Morgan fingerprint density at radius 3 is 2.74 bits per heavy atom. The first-order chi connectivity index (χ1) is 13.1. The third-order valence-electron chi connectivity index (χ3n) is 4.82. The minimum Gasteiger partial charge on any atom is -0.497 e. The highest BCUT2D eigenvalue weighted by molar-refractivity contribution is 5.84. The van der Waals surface area contributed by atoms with Crippen LogP contribution in [-0.4, -0.2) is 27.7 Å². The summed E-state index contributed by atoms with van der Waals surface area (Å²) in [4.78, 5) is 29.0. The first kappa shape index (κ1) is 17.1. The molecule has 1 aromatic heterocycles. The Morgan fingerprint density at radius 2 is 2.04 bits per heavy atom. The van der Waals surface area contributed by atoms with Crippen LogP contribution < -0.4 is 15.6 Å². The number of carboxylic acids is 1. The van der Waals surface area contributed by atoms with E-state index in [2.05, 4.69) is 10.3 Å². The Labute approximate surface area is 155 Å². The summed E-state index contributed by atoms with van der Waals surface area (Å²) in [5.74, 6) is 0.459. The first-order valence-electron chi connectivity index (χ1n) is 8.73. The molecule has 138 valence electrons. The highest BCUT2D eigenvalue weighted by Crippen LogP contribution is 2.24. The quantitative estimate of drug-likeness (QED) is 0.722. The molecule has 1 aliphatic rings. The van der Waals surface area contributed by atoms with Crippen LogP contribution in [0.3, 0.4) is 0 Å². The second-order valence-corrected chi connectivity index (χ2v) is 6.51. The van der Waals surface area contributed by atoms with Gasteiger partial charge in [0.1, 0.15) is 11.6 Å². The maximum Gasteiger partial charge on any atom is 0.330 e. The normalized spacial score (nSPS) is 14.0. The number of nitrogens with one attached hydrogen (secondary N) is 1. The van der Waals surface area contributed by atoms with Crippen molar-refractivity contribution in [1.82, 2.24) is 9.55 Å². The highest BCUT2D eigenvalue weighted by Gasteiger charge is 2.21. The Kier molecular flexibility index (Phi) is 4.27. The molecule has 4 rings (SSSR count). The molecule has 0 saturated heterocycles. The number of aryl methyl sites for hydroxylation is 1. The fourth-order valence-electron chi connectivity index (χ4n) is 3.42. The van der Waals surface area contributed by atoms with Crippen LogP contribution >= 0.6 is 0 Å². The first-order valence-corrected chi connectivity index (χ1v) is 8.73. The Bertz CT molecular complexity index is 1070. The van der Waals surface area contributed by atoms with E-state index in [0.29, 0.717) is 34.4 Å². The zero-order chi connectivity index (χ0) is 19.0. The van der Waals surface area contributed by atoms with Crippen molar-refractivity contribution >= 4 is 22.6 Å². The van der Waals surface area contributed by atoms with Crippen LogP contribution in [0.5, 0.6) is 5.75 Å². The van der Waals surface area contributed by atoms with E-state index in [0.717, 1.165) is 18.7 Å². The van der Waals surface area contributed by atoms with Crippen molar-refractivity contribution in [3.05, 3.63) is 64.2 Å². The minimum absolute atomic E-state index is 0.0764. The molecule has 0 amide bonds. The molecule has 0 bridgehead atoms. The molecular weight excluding hydrogens is 346 g/mol. The number of rotatable bonds is 5. The Balaban J connectivity index is 1.70. The number of fused-ring (bicyclic) bond motifs is 2. The van der Waals surface area contributed by atoms with Gasteiger partial charge in [0, 0.05) is 18.7 Å². The van der Waals surface area contributed by atoms with E-state index in [4.69, 9.17) is 4.74 Å². The highest BCUT2D eigenvalue weighted by atomic mass is 16.5. The van der Waals surface area contributed by atoms with E-state index < -0.39 is 12.0 Å². The van der Waals surface area contributed by atoms with Crippen molar-refractivity contribution < 1.29 is 14.6 Å². The molecule has 7 heteroatoms. The van der Waals surface area contributed by atoms with Crippen LogP contribution in [0, 0.1) is 0 Å². The van der Waals surface area contributed by atoms with Crippen molar-refractivity contribution in [2.24, 2.45) is 0 Å². The lowest BCUT2D eigenvalue weighted by Gasteiger charge is -2.17. The summed E-state index contributed by atoms with van der Waals surface area (Å²) in [6.45, 7) is 0.679. The maximum atomic E-state index is 12.7. The van der Waals surface area contributed by atoms with Gasteiger partial charge in [-0.05, 0) is 42.3 Å². The number of aliphatic carboxylic acids is 1. The number of hydrogen-bond donors (Lipinski definition) is 2. The van der Waals surface area contributed by atoms with Crippen molar-refractivity contribution in [3.8, 4) is 5.75 Å². The zero-order valence-corrected chi connectivity index (χ0v) is 14.8. The van der Waals surface area contributed by atoms with Crippen LogP contribution in [0.25, 0.3) is 10.9 Å². The third kappa shape index (κ3) is 3.12. The summed E-state index contributed by atoms with van der Waals surface area (Å²) >= 11 is 0. The number of anilines is 1. The van der Waals surface area contributed by atoms with Crippen LogP contribution in [-0.2, 0) is 17.8 Å². The van der Waals surface area contributed by atoms with Gasteiger partial charge in [0.25, 0.3) is 5.56 Å². The molecule has 2 N–H and O–H groups in total. The molecule has 0 saturated carbocycles. The average Bonchev–Trinajstić information content (AvgIpc) is 3.15. The second-order valence-electron chi connectivity index (χ2n) is 6.51. The van der Waals surface area contributed by atoms with Crippen molar-refractivity contribution in [2.75, 3.05) is 12.4 Å². The monoisotopic (exact) mass is 365 g/mol. The summed E-state index contributed by atoms with van der Waals surface area (Å²) < 4.78 is 6.81. The van der Waals surface area contributed by atoms with Gasteiger partial charge in [-0.1, -0.05) is 12.1 Å². The largest absolute Gasteiger partial charge is 0.497 e. The van der Waals surface area contributed by atoms with Gasteiger partial charge in [0.2, 0.25) is 0 Å². The van der Waals surface area contributed by atoms with E-state index in [1.54, 1.807) is 54.1 Å². The van der Waals surface area contributed by atoms with Gasteiger partial charge < -0.3 is 15.2 Å². The molecule has 2 heterocycles. The van der Waals surface area contributed by atoms with Crippen LogP contribution in [0.2, 0.25) is 0 Å². The van der Waals surface area contributed by atoms with Gasteiger partial charge in [-0.15, -0.1) is 0 Å². The molecular formula is C20H19N3O4. The van der Waals surface area contributed by atoms with E-state index in [9.17, 15) is 14.7 Å². The molecule has 0 spiro atoms. The summed E-state index contributed by atoms with van der Waals surface area (Å²) in [6, 6.07) is 11.1. The minimum atomic E-state index is -1.01. The lowest BCUT2D eigenvalue weighted by atomic mass is 10.1. The number of carbonyl (C=O) groups is 1. The van der Waals surface area contributed by atoms with Crippen LogP contribution in [0.15, 0.2) is 47.3 Å². The SMILES string of the molecule is COc1ccc(C(Nc2ccc3nc4n(c(=O)c3c2)CCC4)C(=O)O)cc1. The Morgan fingerprint density at radius 1 is 1.26 bits per heavy atom. The molecule has 0 aliphatic carbocycles. The summed E-state index contributed by atoms with van der Waals surface area (Å²) in [7, 11) is 1.56. The van der Waals surface area contributed by atoms with E-state index in [1.807, 2.05) is 0 Å². The summed E-state index contributed by atoms with van der Waals surface area (Å²) in [5, 5.41) is 13.1. The predicted octanol–water partition coefficient (Wildman–Crippen LogP) is 2.59. The van der Waals surface area contributed by atoms with Crippen molar-refractivity contribution in [3.63, 3.8) is 0 Å². The number of aromatic nitrogens is 2. The lowest BCUT2D eigenvalue weighted by molar-refractivity contribution is -0.138. The van der Waals surface area contributed by atoms with Gasteiger partial charge in [0.05, 0.1) is 18.0 Å². The topological polar surface area (TPSA) is 93.5 Å². The number of benzene rings is 2. The second kappa shape index (κ2) is 6.75. The average molecular weight is 365 g/mol. The van der Waals surface area contributed by atoms with E-state index in [-0.39, 0.29) is 5.56 Å². The van der Waals surface area contributed by atoms with Gasteiger partial charge in [0.15, 0.2) is 6.04 Å². The molecule has 1 atom stereocenters. The maximum absolute atomic E-state index is 12.7. The fourth-order valence-corrected chi connectivity index (χ4v) is 3.42. The standard InChI is InChI=1S/C20H19N3O4/c1-27-14-7-4-12(5-8-14)18(20(25)26)21-13-6-9-16-15(11-13)19(24)23-10-2-3-17(23)22-16/h4-9,11,18,21H,2-3,10H2,1H3,(H,25,26). The number of hydrogen-bond acceptors (Lipinski definition) is 5. The van der Waals surface area contributed by atoms with Crippen molar-refractivity contribution in [1.29, 1.82) is 0 Å². The molecule has 7 nitrogen and oxygen atoms in total. The smallest absolute Gasteiger partial charge is 0.330 e. The lowest BCUT2D eigenvalue weighted by Crippen LogP contribution is -2.22. The van der Waals surface area contributed by atoms with Gasteiger partial charge >= 0.3 is 5.97 Å². The van der Waals surface area contributed by atoms with Crippen molar-refractivity contribution in [2.45, 2.75) is 25.4 Å². The zero-order valence-electron chi connectivity index (χ0n) is 14.8. The number of carboxylic acid groups (broad SMARTS) is 1. The van der Waals surface area contributed by atoms with E-state index >= 15 is 0 Å². The number of nitrogens with zero attached hydrogens (tertiary/aromatic N) is 2. The predicted molar refractivity (Wildman–Crippen MR) is 101 cm³/mol. The van der Waals surface area contributed by atoms with Gasteiger partial charge in [-0.2, -0.15) is 0 Å². The molecule has 27 heavy (non-hydrogen) atoms. The van der Waals surface area contributed by atoms with Gasteiger partial charge in [-0.25, -0.2) is 9.78 Å². The molecule has 1 unspecified atom stereocenters. The molecule has 0 fully saturated rings. The number of ether oxygens (including phenoxy) is 1. The molecule has 3 aromatic rings. The number of methoxy groups -OCH3 is 1.